The van der Waals surface area contributed by atoms with Crippen molar-refractivity contribution in [3.05, 3.63) is 76.4 Å². The van der Waals surface area contributed by atoms with Gasteiger partial charge in [0.05, 0.1) is 6.61 Å². The number of hydrogen-bond acceptors (Lipinski definition) is 4. The Bertz CT molecular complexity index is 964. The van der Waals surface area contributed by atoms with Gasteiger partial charge in [-0.1, -0.05) is 66.3 Å². The highest BCUT2D eigenvalue weighted by molar-refractivity contribution is 5.95. The van der Waals surface area contributed by atoms with Gasteiger partial charge in [0, 0.05) is 25.6 Å². The number of carbonyl (C=O) groups is 1. The Morgan fingerprint density at radius 2 is 1.56 bits per heavy atom. The SMILES string of the molecule is CC(O)N[C@H](CO)CCC(=O)N1CCC(=C2c3ccccc3C=Cc3ccccc32)CC1. The Hall–Kier alpha value is -2.73. The van der Waals surface area contributed by atoms with Gasteiger partial charge in [-0.3, -0.25) is 10.1 Å². The molecule has 1 saturated heterocycles. The minimum atomic E-state index is -0.703. The van der Waals surface area contributed by atoms with Crippen molar-refractivity contribution < 1.29 is 15.0 Å². The molecule has 168 valence electrons. The smallest absolute Gasteiger partial charge is 0.222 e. The van der Waals surface area contributed by atoms with E-state index in [-0.39, 0.29) is 18.6 Å². The number of carbonyl (C=O) groups excluding carboxylic acids is 1. The molecule has 3 N–H and O–H groups in total. The first-order chi connectivity index (χ1) is 15.6. The van der Waals surface area contributed by atoms with Gasteiger partial charge in [-0.15, -0.1) is 0 Å². The molecule has 1 amide bonds. The van der Waals surface area contributed by atoms with E-state index in [0.717, 1.165) is 12.8 Å². The Morgan fingerprint density at radius 1 is 1.00 bits per heavy atom. The maximum atomic E-state index is 12.8. The number of nitrogens with zero attached hydrogens (tertiary/aromatic N) is 1. The number of fused-ring (bicyclic) bond motifs is 2. The summed E-state index contributed by atoms with van der Waals surface area (Å²) in [7, 11) is 0. The molecule has 1 heterocycles. The fourth-order valence-electron chi connectivity index (χ4n) is 4.75. The molecular formula is C27H32N2O3. The summed E-state index contributed by atoms with van der Waals surface area (Å²) in [4.78, 5) is 14.7. The summed E-state index contributed by atoms with van der Waals surface area (Å²) >= 11 is 0. The van der Waals surface area contributed by atoms with Crippen LogP contribution in [0.25, 0.3) is 17.7 Å². The van der Waals surface area contributed by atoms with Crippen molar-refractivity contribution >= 4 is 23.6 Å². The highest BCUT2D eigenvalue weighted by Crippen LogP contribution is 2.38. The minimum Gasteiger partial charge on any atom is -0.395 e. The summed E-state index contributed by atoms with van der Waals surface area (Å²) in [5.74, 6) is 0.114. The molecule has 1 unspecified atom stereocenters. The standard InChI is InChI=1S/C27H32N2O3/c1-19(31)28-23(18-30)12-13-26(32)29-16-14-22(15-17-29)27-24-8-4-2-6-20(24)10-11-21-7-3-5-9-25(21)27/h2-11,19,23,28,30-31H,12-18H2,1H3/t19?,23-/m0/s1. The molecule has 0 saturated carbocycles. The molecule has 5 heteroatoms. The zero-order chi connectivity index (χ0) is 22.5. The van der Waals surface area contributed by atoms with E-state index in [0.29, 0.717) is 25.9 Å². The van der Waals surface area contributed by atoms with Gasteiger partial charge in [-0.05, 0) is 54.0 Å². The second-order valence-corrected chi connectivity index (χ2v) is 8.63. The quantitative estimate of drug-likeness (QED) is 0.520. The van der Waals surface area contributed by atoms with Crippen molar-refractivity contribution in [1.29, 1.82) is 0 Å². The first-order valence-electron chi connectivity index (χ1n) is 11.5. The van der Waals surface area contributed by atoms with Crippen molar-refractivity contribution in [2.75, 3.05) is 19.7 Å². The third-order valence-electron chi connectivity index (χ3n) is 6.38. The topological polar surface area (TPSA) is 72.8 Å². The Labute approximate surface area is 190 Å². The molecule has 5 nitrogen and oxygen atoms in total. The molecule has 1 aliphatic heterocycles. The minimum absolute atomic E-state index is 0.0960. The number of nitrogens with one attached hydrogen (secondary N) is 1. The van der Waals surface area contributed by atoms with Crippen LogP contribution in [-0.4, -0.2) is 53.0 Å². The summed E-state index contributed by atoms with van der Waals surface area (Å²) < 4.78 is 0. The monoisotopic (exact) mass is 432 g/mol. The van der Waals surface area contributed by atoms with Gasteiger partial charge in [0.25, 0.3) is 0 Å². The number of rotatable bonds is 6. The molecule has 0 radical (unpaired) electrons. The maximum Gasteiger partial charge on any atom is 0.222 e. The summed E-state index contributed by atoms with van der Waals surface area (Å²) in [6.07, 6.45) is 6.28. The van der Waals surface area contributed by atoms with Crippen molar-refractivity contribution in [1.82, 2.24) is 10.2 Å². The van der Waals surface area contributed by atoms with Crippen LogP contribution in [0.1, 0.15) is 54.9 Å². The Morgan fingerprint density at radius 3 is 2.09 bits per heavy atom. The van der Waals surface area contributed by atoms with Gasteiger partial charge in [0.1, 0.15) is 6.23 Å². The van der Waals surface area contributed by atoms with Gasteiger partial charge >= 0.3 is 0 Å². The summed E-state index contributed by atoms with van der Waals surface area (Å²) in [6, 6.07) is 16.8. The third-order valence-corrected chi connectivity index (χ3v) is 6.38. The molecule has 2 aromatic rings. The van der Waals surface area contributed by atoms with E-state index < -0.39 is 6.23 Å². The van der Waals surface area contributed by atoms with Gasteiger partial charge in [0.15, 0.2) is 0 Å². The van der Waals surface area contributed by atoms with E-state index in [2.05, 4.69) is 66.0 Å². The fraction of sp³-hybridized carbons (Fsp3) is 0.370. The largest absolute Gasteiger partial charge is 0.395 e. The summed E-state index contributed by atoms with van der Waals surface area (Å²) in [5.41, 5.74) is 7.70. The molecule has 2 atom stereocenters. The number of aliphatic hydroxyl groups excluding tert-OH is 2. The molecular weight excluding hydrogens is 400 g/mol. The second kappa shape index (κ2) is 10.3. The average Bonchev–Trinajstić information content (AvgIpc) is 2.98. The first kappa shape index (κ1) is 22.5. The molecule has 0 bridgehead atoms. The van der Waals surface area contributed by atoms with Crippen LogP contribution in [0, 0.1) is 0 Å². The lowest BCUT2D eigenvalue weighted by Gasteiger charge is -2.31. The lowest BCUT2D eigenvalue weighted by Crippen LogP contribution is -2.41. The maximum absolute atomic E-state index is 12.8. The van der Waals surface area contributed by atoms with Crippen molar-refractivity contribution in [2.45, 2.75) is 44.9 Å². The summed E-state index contributed by atoms with van der Waals surface area (Å²) in [5, 5.41) is 21.8. The van der Waals surface area contributed by atoms with Crippen LogP contribution in [0.4, 0.5) is 0 Å². The first-order valence-corrected chi connectivity index (χ1v) is 11.5. The Kier molecular flexibility index (Phi) is 7.20. The van der Waals surface area contributed by atoms with E-state index in [1.54, 1.807) is 6.92 Å². The third kappa shape index (κ3) is 5.01. The normalized spacial score (nSPS) is 17.4. The van der Waals surface area contributed by atoms with Crippen molar-refractivity contribution in [2.24, 2.45) is 0 Å². The van der Waals surface area contributed by atoms with Crippen LogP contribution in [-0.2, 0) is 4.79 Å². The lowest BCUT2D eigenvalue weighted by molar-refractivity contribution is -0.131. The molecule has 1 fully saturated rings. The lowest BCUT2D eigenvalue weighted by atomic mass is 9.86. The summed E-state index contributed by atoms with van der Waals surface area (Å²) in [6.45, 7) is 2.94. The van der Waals surface area contributed by atoms with Crippen LogP contribution in [0.5, 0.6) is 0 Å². The van der Waals surface area contributed by atoms with Gasteiger partial charge in [-0.25, -0.2) is 0 Å². The molecule has 0 aromatic heterocycles. The number of hydrogen-bond donors (Lipinski definition) is 3. The van der Waals surface area contributed by atoms with E-state index >= 15 is 0 Å². The van der Waals surface area contributed by atoms with E-state index in [4.69, 9.17) is 0 Å². The molecule has 0 spiro atoms. The van der Waals surface area contributed by atoms with Crippen molar-refractivity contribution in [3.63, 3.8) is 0 Å². The zero-order valence-corrected chi connectivity index (χ0v) is 18.6. The number of piperidine rings is 1. The zero-order valence-electron chi connectivity index (χ0n) is 18.6. The van der Waals surface area contributed by atoms with E-state index in [1.165, 1.54) is 33.4 Å². The van der Waals surface area contributed by atoms with Crippen LogP contribution in [0.2, 0.25) is 0 Å². The van der Waals surface area contributed by atoms with Crippen LogP contribution >= 0.6 is 0 Å². The van der Waals surface area contributed by atoms with E-state index in [1.807, 2.05) is 4.90 Å². The molecule has 2 aliphatic rings. The molecule has 2 aromatic carbocycles. The number of amides is 1. The highest BCUT2D eigenvalue weighted by Gasteiger charge is 2.25. The van der Waals surface area contributed by atoms with Gasteiger partial charge < -0.3 is 15.1 Å². The fourth-order valence-corrected chi connectivity index (χ4v) is 4.75. The van der Waals surface area contributed by atoms with Gasteiger partial charge in [-0.2, -0.15) is 0 Å². The molecule has 4 rings (SSSR count). The predicted molar refractivity (Wildman–Crippen MR) is 129 cm³/mol. The van der Waals surface area contributed by atoms with Gasteiger partial charge in [0.2, 0.25) is 5.91 Å². The van der Waals surface area contributed by atoms with Crippen molar-refractivity contribution in [3.8, 4) is 0 Å². The number of benzene rings is 2. The molecule has 1 aliphatic carbocycles. The van der Waals surface area contributed by atoms with Crippen LogP contribution in [0.3, 0.4) is 0 Å². The number of likely N-dealkylation sites (tertiary alicyclic amines) is 1. The highest BCUT2D eigenvalue weighted by atomic mass is 16.3. The van der Waals surface area contributed by atoms with Crippen LogP contribution < -0.4 is 5.32 Å². The predicted octanol–water partition coefficient (Wildman–Crippen LogP) is 3.66. The van der Waals surface area contributed by atoms with E-state index in [9.17, 15) is 15.0 Å². The Balaban J connectivity index is 1.51. The average molecular weight is 433 g/mol. The molecule has 32 heavy (non-hydrogen) atoms. The number of aliphatic hydroxyl groups is 2. The second-order valence-electron chi connectivity index (χ2n) is 8.63. The van der Waals surface area contributed by atoms with Crippen LogP contribution in [0.15, 0.2) is 54.1 Å².